The summed E-state index contributed by atoms with van der Waals surface area (Å²) in [6, 6.07) is 54.5. The van der Waals surface area contributed by atoms with Gasteiger partial charge in [-0.15, -0.1) is 0 Å². The first-order chi connectivity index (χ1) is 36.1. The Balaban J connectivity index is 0.000000274. The molecule has 1 atom stereocenters. The molecule has 1 nitrogen and oxygen atoms in total. The second-order valence-corrected chi connectivity index (χ2v) is 17.8. The van der Waals surface area contributed by atoms with Gasteiger partial charge in [-0.25, -0.2) is 0 Å². The monoisotopic (exact) mass is 977 g/mol. The molecule has 0 amide bonds. The van der Waals surface area contributed by atoms with Crippen molar-refractivity contribution in [1.29, 1.82) is 0 Å². The second-order valence-electron chi connectivity index (χ2n) is 17.8. The summed E-state index contributed by atoms with van der Waals surface area (Å²) in [5, 5.41) is 9.25. The molecule has 1 heteroatoms. The average molecular weight is 977 g/mol. The summed E-state index contributed by atoms with van der Waals surface area (Å²) in [7, 11) is 0. The molecule has 0 aliphatic heterocycles. The van der Waals surface area contributed by atoms with E-state index in [0.29, 0.717) is 0 Å². The quantitative estimate of drug-likeness (QED) is 0.0840. The first kappa shape index (κ1) is 59.1. The summed E-state index contributed by atoms with van der Waals surface area (Å²) in [5.74, 6) is 1.09. The Labute approximate surface area is 447 Å². The fourth-order valence-corrected chi connectivity index (χ4v) is 9.76. The van der Waals surface area contributed by atoms with Gasteiger partial charge in [0.15, 0.2) is 0 Å². The van der Waals surface area contributed by atoms with Crippen molar-refractivity contribution in [2.75, 3.05) is 0 Å². The number of hydrogen-bond acceptors (Lipinski definition) is 1. The predicted octanol–water partition coefficient (Wildman–Crippen LogP) is 22.1. The van der Waals surface area contributed by atoms with E-state index in [1.165, 1.54) is 93.4 Å². The first-order valence-corrected chi connectivity index (χ1v) is 27.0. The molecule has 8 aromatic carbocycles. The van der Waals surface area contributed by atoms with Crippen LogP contribution in [0.5, 0.6) is 0 Å². The minimum atomic E-state index is -0.543. The molecule has 0 N–H and O–H groups in total. The van der Waals surface area contributed by atoms with Crippen LogP contribution in [0.1, 0.15) is 126 Å². The van der Waals surface area contributed by atoms with E-state index in [4.69, 9.17) is 4.42 Å². The van der Waals surface area contributed by atoms with E-state index in [0.717, 1.165) is 29.8 Å². The molecule has 0 bridgehead atoms. The van der Waals surface area contributed by atoms with Gasteiger partial charge >= 0.3 is 0 Å². The standard InChI is InChI=1S/C39H34.C13H12O.C8H12.C7H8.3C2H6/c1-6-8-15-31(7-2)39(32-16-10-9-11-17-32,35-18-13-12-14-27(35)4)36-25-30-22-23-33-26(3)19-20-29-21-24-34(28(36)5)38(30)37(29)33;1-9-5-4-7-11-10-6-2-3-8-12(10)14-13(9)11;1-4-6-7-8(3)5-2;1-7-5-3-2-4-6-7;3*1-2/h6-25H,2H2,1,3-5H3;2-3,5-6,8H,4,7H2,1H3;4-7H,1H2,2-3H3;2-6H,1H3;3*1-2H3/b8-6-,31-15+;;7-6-,8-5-;;;;. The van der Waals surface area contributed by atoms with E-state index >= 15 is 0 Å². The van der Waals surface area contributed by atoms with Crippen molar-refractivity contribution in [3.8, 4) is 0 Å². The van der Waals surface area contributed by atoms with Crippen LogP contribution in [-0.2, 0) is 11.8 Å². The van der Waals surface area contributed by atoms with E-state index in [1.54, 1.807) is 6.08 Å². The van der Waals surface area contributed by atoms with Crippen molar-refractivity contribution in [3.05, 3.63) is 281 Å². The first-order valence-electron chi connectivity index (χ1n) is 27.0. The van der Waals surface area contributed by atoms with Crippen LogP contribution in [0, 0.1) is 27.7 Å². The van der Waals surface area contributed by atoms with E-state index in [1.807, 2.05) is 97.0 Å². The van der Waals surface area contributed by atoms with Crippen molar-refractivity contribution in [3.63, 3.8) is 0 Å². The topological polar surface area (TPSA) is 13.1 Å². The van der Waals surface area contributed by atoms with Gasteiger partial charge in [0.25, 0.3) is 0 Å². The fourth-order valence-electron chi connectivity index (χ4n) is 9.76. The third-order valence-corrected chi connectivity index (χ3v) is 13.3. The summed E-state index contributed by atoms with van der Waals surface area (Å²) >= 11 is 0. The van der Waals surface area contributed by atoms with E-state index in [9.17, 15) is 0 Å². The minimum Gasteiger partial charge on any atom is -0.456 e. The number of hydrogen-bond donors (Lipinski definition) is 0. The molecule has 74 heavy (non-hydrogen) atoms. The van der Waals surface area contributed by atoms with Crippen LogP contribution in [-0.4, -0.2) is 0 Å². The van der Waals surface area contributed by atoms with Crippen molar-refractivity contribution in [2.24, 2.45) is 0 Å². The Hall–Kier alpha value is -7.48. The zero-order valence-electron chi connectivity index (χ0n) is 47.4. The number of aryl methyl sites for hydroxylation is 5. The van der Waals surface area contributed by atoms with Crippen LogP contribution in [0.2, 0.25) is 0 Å². The Kier molecular flexibility index (Phi) is 23.9. The van der Waals surface area contributed by atoms with E-state index in [2.05, 4.69) is 213 Å². The number of furan rings is 1. The summed E-state index contributed by atoms with van der Waals surface area (Å²) in [5.41, 5.74) is 14.6. The van der Waals surface area contributed by atoms with Gasteiger partial charge in [0, 0.05) is 10.9 Å². The van der Waals surface area contributed by atoms with Crippen LogP contribution < -0.4 is 0 Å². The van der Waals surface area contributed by atoms with Crippen molar-refractivity contribution in [2.45, 2.75) is 115 Å². The number of para-hydroxylation sites is 1. The molecule has 10 rings (SSSR count). The highest BCUT2D eigenvalue weighted by Crippen LogP contribution is 2.51. The summed E-state index contributed by atoms with van der Waals surface area (Å²) in [6.07, 6.45) is 20.8. The Morgan fingerprint density at radius 3 is 1.80 bits per heavy atom. The van der Waals surface area contributed by atoms with Crippen LogP contribution in [0.15, 0.2) is 235 Å². The maximum atomic E-state index is 5.83. The largest absolute Gasteiger partial charge is 0.456 e. The Bertz CT molecular complexity index is 3330. The molecule has 1 aromatic heterocycles. The van der Waals surface area contributed by atoms with Crippen LogP contribution in [0.4, 0.5) is 0 Å². The van der Waals surface area contributed by atoms with Crippen molar-refractivity contribution < 1.29 is 4.42 Å². The van der Waals surface area contributed by atoms with Crippen molar-refractivity contribution >= 4 is 48.9 Å². The average Bonchev–Trinajstić information content (AvgIpc) is 3.85. The third-order valence-electron chi connectivity index (χ3n) is 13.3. The van der Waals surface area contributed by atoms with Crippen LogP contribution in [0.25, 0.3) is 48.9 Å². The molecule has 1 aliphatic rings. The van der Waals surface area contributed by atoms with Crippen LogP contribution in [0.3, 0.4) is 0 Å². The fraction of sp³-hybridized carbons (Fsp3) is 0.233. The molecule has 0 saturated heterocycles. The van der Waals surface area contributed by atoms with Gasteiger partial charge in [0.2, 0.25) is 0 Å². The van der Waals surface area contributed by atoms with Gasteiger partial charge in [0.1, 0.15) is 11.3 Å². The molecular weight excluding hydrogens is 893 g/mol. The molecule has 0 radical (unpaired) electrons. The number of allylic oxidation sites excluding steroid dienone is 12. The lowest BCUT2D eigenvalue weighted by Gasteiger charge is -2.40. The smallest absolute Gasteiger partial charge is 0.135 e. The van der Waals surface area contributed by atoms with E-state index < -0.39 is 5.41 Å². The number of benzene rings is 8. The van der Waals surface area contributed by atoms with Gasteiger partial charge in [-0.3, -0.25) is 0 Å². The third kappa shape index (κ3) is 13.4. The molecule has 1 unspecified atom stereocenters. The predicted molar refractivity (Wildman–Crippen MR) is 332 cm³/mol. The number of rotatable bonds is 8. The van der Waals surface area contributed by atoms with Gasteiger partial charge in [0.05, 0.1) is 5.41 Å². The highest BCUT2D eigenvalue weighted by molar-refractivity contribution is 6.24. The molecule has 0 fully saturated rings. The lowest BCUT2D eigenvalue weighted by atomic mass is 9.62. The zero-order valence-corrected chi connectivity index (χ0v) is 47.4. The Morgan fingerprint density at radius 1 is 0.581 bits per heavy atom. The molecule has 382 valence electrons. The molecule has 1 aliphatic carbocycles. The summed E-state index contributed by atoms with van der Waals surface area (Å²) in [4.78, 5) is 0. The highest BCUT2D eigenvalue weighted by atomic mass is 16.3. The van der Waals surface area contributed by atoms with Crippen LogP contribution >= 0.6 is 0 Å². The number of fused-ring (bicyclic) bond motifs is 3. The lowest BCUT2D eigenvalue weighted by molar-refractivity contribution is 0.590. The Morgan fingerprint density at radius 2 is 1.18 bits per heavy atom. The summed E-state index contributed by atoms with van der Waals surface area (Å²) in [6.45, 7) is 37.0. The molecular formula is C73H84O. The molecule has 1 heterocycles. The molecule has 0 saturated carbocycles. The van der Waals surface area contributed by atoms with Gasteiger partial charge in [-0.2, -0.15) is 0 Å². The maximum absolute atomic E-state index is 5.83. The maximum Gasteiger partial charge on any atom is 0.135 e. The molecule has 0 spiro atoms. The van der Waals surface area contributed by atoms with Crippen molar-refractivity contribution in [1.82, 2.24) is 0 Å². The zero-order chi connectivity index (χ0) is 54.2. The normalized spacial score (nSPS) is 12.7. The van der Waals surface area contributed by atoms with Gasteiger partial charge in [-0.1, -0.05) is 260 Å². The van der Waals surface area contributed by atoms with Gasteiger partial charge < -0.3 is 4.42 Å². The minimum absolute atomic E-state index is 0.543. The lowest BCUT2D eigenvalue weighted by Crippen LogP contribution is -2.33. The highest BCUT2D eigenvalue weighted by Gasteiger charge is 2.41. The summed E-state index contributed by atoms with van der Waals surface area (Å²) < 4.78 is 5.83. The van der Waals surface area contributed by atoms with E-state index in [-0.39, 0.29) is 0 Å². The second kappa shape index (κ2) is 29.9. The van der Waals surface area contributed by atoms with Gasteiger partial charge in [-0.05, 0) is 157 Å². The SMILES string of the molecule is C=C/C(=C\C=C/C)C(c1ccccc1)(c1ccccc1C)c1cc2ccc3c(C)ccc4ccc(c1C)c2c43.C=C/C=C\C(C)=C/C.CC.CC.CC.CC1=CCCc2c1oc1ccccc21.Cc1ccccc1. The molecule has 9 aromatic rings.